The molecule has 240 valence electrons. The standard InChI is InChI=1S/C32H39N5O6S2/c1-21-34-25(19-44-21)30(40)37-14-16-43-32(20-37)9-12-36(13-10-32)11-2-15-42-23-5-3-22(4-6-23)17-33-18-27(39)24-7-8-26(38)28-29(24)45-31(41)35-28/h3-8,19,27,33,38-39H,2,9-18,20H2,1H3,(H,35,41)/t27-/m0/s1. The summed E-state index contributed by atoms with van der Waals surface area (Å²) in [5, 5.41) is 26.7. The highest BCUT2D eigenvalue weighted by Crippen LogP contribution is 2.32. The summed E-state index contributed by atoms with van der Waals surface area (Å²) >= 11 is 2.49. The number of likely N-dealkylation sites (tertiary alicyclic amines) is 1. The van der Waals surface area contributed by atoms with E-state index in [0.717, 1.165) is 66.6 Å². The van der Waals surface area contributed by atoms with E-state index in [1.165, 1.54) is 17.4 Å². The van der Waals surface area contributed by atoms with Gasteiger partial charge in [-0.3, -0.25) is 9.59 Å². The van der Waals surface area contributed by atoms with Crippen LogP contribution in [0.2, 0.25) is 0 Å². The van der Waals surface area contributed by atoms with Crippen LogP contribution in [0.3, 0.4) is 0 Å². The number of aliphatic hydroxyl groups is 1. The molecule has 1 spiro atoms. The normalized spacial score (nSPS) is 17.6. The number of thiazole rings is 2. The molecule has 1 atom stereocenters. The van der Waals surface area contributed by atoms with Crippen molar-refractivity contribution in [3.05, 3.63) is 73.3 Å². The van der Waals surface area contributed by atoms with E-state index in [4.69, 9.17) is 9.47 Å². The number of H-pyrrole nitrogens is 1. The monoisotopic (exact) mass is 653 g/mol. The number of phenolic OH excluding ortho intramolecular Hbond substituents is 1. The highest BCUT2D eigenvalue weighted by atomic mass is 32.1. The lowest BCUT2D eigenvalue weighted by molar-refractivity contribution is -0.127. The van der Waals surface area contributed by atoms with E-state index in [-0.39, 0.29) is 22.1 Å². The average molecular weight is 654 g/mol. The molecule has 4 heterocycles. The van der Waals surface area contributed by atoms with Crippen molar-refractivity contribution in [1.29, 1.82) is 0 Å². The van der Waals surface area contributed by atoms with E-state index >= 15 is 0 Å². The fourth-order valence-corrected chi connectivity index (χ4v) is 7.58. The minimum atomic E-state index is -0.819. The Bertz CT molecular complexity index is 1660. The second kappa shape index (κ2) is 14.0. The molecule has 11 nitrogen and oxygen atoms in total. The first kappa shape index (κ1) is 31.6. The lowest BCUT2D eigenvalue weighted by Crippen LogP contribution is -2.58. The van der Waals surface area contributed by atoms with Gasteiger partial charge in [0.25, 0.3) is 5.91 Å². The first-order chi connectivity index (χ1) is 21.8. The van der Waals surface area contributed by atoms with Gasteiger partial charge in [-0.2, -0.15) is 0 Å². The Hall–Kier alpha value is -3.33. The number of nitrogens with zero attached hydrogens (tertiary/aromatic N) is 3. The number of hydrogen-bond acceptors (Lipinski definition) is 11. The summed E-state index contributed by atoms with van der Waals surface area (Å²) in [6, 6.07) is 11.1. The van der Waals surface area contributed by atoms with Crippen molar-refractivity contribution in [3.63, 3.8) is 0 Å². The second-order valence-corrected chi connectivity index (χ2v) is 13.8. The summed E-state index contributed by atoms with van der Waals surface area (Å²) in [7, 11) is 0. The molecular weight excluding hydrogens is 615 g/mol. The molecule has 6 rings (SSSR count). The second-order valence-electron chi connectivity index (χ2n) is 11.7. The molecule has 2 aromatic carbocycles. The quantitative estimate of drug-likeness (QED) is 0.179. The van der Waals surface area contributed by atoms with Crippen molar-refractivity contribution >= 4 is 38.8 Å². The third-order valence-corrected chi connectivity index (χ3v) is 10.3. The number of fused-ring (bicyclic) bond motifs is 1. The highest BCUT2D eigenvalue weighted by Gasteiger charge is 2.41. The Morgan fingerprint density at radius 2 is 2.00 bits per heavy atom. The number of amides is 1. The van der Waals surface area contributed by atoms with E-state index in [2.05, 4.69) is 20.2 Å². The Morgan fingerprint density at radius 1 is 1.20 bits per heavy atom. The molecule has 0 saturated carbocycles. The molecule has 45 heavy (non-hydrogen) atoms. The molecule has 4 N–H and O–H groups in total. The number of aliphatic hydroxyl groups excluding tert-OH is 1. The maximum absolute atomic E-state index is 12.9. The summed E-state index contributed by atoms with van der Waals surface area (Å²) in [5.74, 6) is 0.824. The van der Waals surface area contributed by atoms with Gasteiger partial charge in [-0.1, -0.05) is 29.5 Å². The van der Waals surface area contributed by atoms with Crippen LogP contribution in [-0.2, 0) is 11.3 Å². The van der Waals surface area contributed by atoms with E-state index in [1.807, 2.05) is 41.5 Å². The number of benzene rings is 2. The number of morpholine rings is 1. The molecule has 0 aliphatic carbocycles. The number of ether oxygens (including phenoxy) is 2. The number of carbonyl (C=O) groups excluding carboxylic acids is 1. The zero-order chi connectivity index (χ0) is 31.4. The SMILES string of the molecule is Cc1nc(C(=O)N2CCOC3(CCN(CCCOc4ccc(CNC[C@H](O)c5ccc(O)c6[nH]c(=O)sc56)cc4)CC3)C2)cs1. The maximum Gasteiger partial charge on any atom is 0.305 e. The van der Waals surface area contributed by atoms with Gasteiger partial charge in [0.15, 0.2) is 0 Å². The summed E-state index contributed by atoms with van der Waals surface area (Å²) in [4.78, 5) is 35.8. The number of aryl methyl sites for hydroxylation is 1. The zero-order valence-electron chi connectivity index (χ0n) is 25.3. The van der Waals surface area contributed by atoms with Crippen molar-refractivity contribution in [2.45, 2.75) is 44.4 Å². The number of piperidine rings is 1. The van der Waals surface area contributed by atoms with E-state index in [9.17, 15) is 19.8 Å². The smallest absolute Gasteiger partial charge is 0.305 e. The number of aromatic nitrogens is 2. The van der Waals surface area contributed by atoms with E-state index < -0.39 is 6.10 Å². The van der Waals surface area contributed by atoms with Crippen LogP contribution in [0.5, 0.6) is 11.5 Å². The third-order valence-electron chi connectivity index (χ3n) is 8.57. The molecular formula is C32H39N5O6S2. The van der Waals surface area contributed by atoms with Crippen LogP contribution in [0, 0.1) is 6.92 Å². The number of aromatic hydroxyl groups is 1. The van der Waals surface area contributed by atoms with Crippen LogP contribution in [-0.4, -0.2) is 94.0 Å². The minimum absolute atomic E-state index is 0.00557. The summed E-state index contributed by atoms with van der Waals surface area (Å²) in [6.45, 7) is 8.07. The van der Waals surface area contributed by atoms with Gasteiger partial charge in [-0.15, -0.1) is 11.3 Å². The van der Waals surface area contributed by atoms with Crippen molar-refractivity contribution < 1.29 is 24.5 Å². The van der Waals surface area contributed by atoms with Crippen molar-refractivity contribution in [3.8, 4) is 11.5 Å². The van der Waals surface area contributed by atoms with Crippen LogP contribution in [0.15, 0.2) is 46.6 Å². The zero-order valence-corrected chi connectivity index (χ0v) is 26.9. The van der Waals surface area contributed by atoms with Crippen LogP contribution in [0.1, 0.15) is 52.0 Å². The lowest BCUT2D eigenvalue weighted by Gasteiger charge is -2.47. The fourth-order valence-electron chi connectivity index (χ4n) is 6.08. The predicted molar refractivity (Wildman–Crippen MR) is 174 cm³/mol. The lowest BCUT2D eigenvalue weighted by atomic mass is 9.89. The Morgan fingerprint density at radius 3 is 2.76 bits per heavy atom. The van der Waals surface area contributed by atoms with Gasteiger partial charge in [0.2, 0.25) is 0 Å². The summed E-state index contributed by atoms with van der Waals surface area (Å²) in [5.41, 5.74) is 2.31. The minimum Gasteiger partial charge on any atom is -0.506 e. The van der Waals surface area contributed by atoms with Crippen molar-refractivity contribution in [2.24, 2.45) is 0 Å². The van der Waals surface area contributed by atoms with E-state index in [0.29, 0.717) is 60.9 Å². The van der Waals surface area contributed by atoms with Crippen LogP contribution in [0.4, 0.5) is 0 Å². The summed E-state index contributed by atoms with van der Waals surface area (Å²) < 4.78 is 12.8. The third kappa shape index (κ3) is 7.56. The van der Waals surface area contributed by atoms with Crippen molar-refractivity contribution in [2.75, 3.05) is 52.5 Å². The maximum atomic E-state index is 12.9. The average Bonchev–Trinajstić information content (AvgIpc) is 3.66. The first-order valence-electron chi connectivity index (χ1n) is 15.3. The Kier molecular flexibility index (Phi) is 9.83. The number of phenols is 1. The van der Waals surface area contributed by atoms with Gasteiger partial charge in [-0.25, -0.2) is 4.98 Å². The number of rotatable bonds is 11. The molecule has 2 aliphatic heterocycles. The summed E-state index contributed by atoms with van der Waals surface area (Å²) in [6.07, 6.45) is 1.92. The molecule has 2 aromatic heterocycles. The van der Waals surface area contributed by atoms with Gasteiger partial charge in [0, 0.05) is 50.2 Å². The molecule has 2 aliphatic rings. The molecule has 4 aromatic rings. The molecule has 0 radical (unpaired) electrons. The number of carbonyl (C=O) groups is 1. The Labute approximate surface area is 269 Å². The van der Waals surface area contributed by atoms with Crippen LogP contribution >= 0.6 is 22.7 Å². The molecule has 13 heteroatoms. The van der Waals surface area contributed by atoms with Gasteiger partial charge in [0.1, 0.15) is 22.7 Å². The van der Waals surface area contributed by atoms with Gasteiger partial charge < -0.3 is 39.8 Å². The largest absolute Gasteiger partial charge is 0.506 e. The highest BCUT2D eigenvalue weighted by molar-refractivity contribution is 7.16. The number of nitrogens with one attached hydrogen (secondary N) is 2. The van der Waals surface area contributed by atoms with Crippen LogP contribution in [0.25, 0.3) is 10.2 Å². The number of aromatic amines is 1. The number of hydrogen-bond donors (Lipinski definition) is 4. The topological polar surface area (TPSA) is 140 Å². The molecule has 2 saturated heterocycles. The van der Waals surface area contributed by atoms with Crippen LogP contribution < -0.4 is 14.9 Å². The first-order valence-corrected chi connectivity index (χ1v) is 17.0. The molecule has 1 amide bonds. The predicted octanol–water partition coefficient (Wildman–Crippen LogP) is 3.66. The van der Waals surface area contributed by atoms with Crippen molar-refractivity contribution in [1.82, 2.24) is 25.1 Å². The van der Waals surface area contributed by atoms with Gasteiger partial charge in [0.05, 0.1) is 41.2 Å². The molecule has 0 bridgehead atoms. The molecule has 2 fully saturated rings. The van der Waals surface area contributed by atoms with E-state index in [1.54, 1.807) is 6.07 Å². The fraction of sp³-hybridized carbons (Fsp3) is 0.469. The van der Waals surface area contributed by atoms with Gasteiger partial charge in [-0.05, 0) is 49.9 Å². The molecule has 0 unspecified atom stereocenters. The van der Waals surface area contributed by atoms with Gasteiger partial charge >= 0.3 is 4.87 Å². The Balaban J connectivity index is 0.884.